The van der Waals surface area contributed by atoms with Crippen LogP contribution in [0.4, 0.5) is 0 Å². The molecule has 0 aliphatic heterocycles. The van der Waals surface area contributed by atoms with Crippen LogP contribution in [0.1, 0.15) is 28.7 Å². The zero-order chi connectivity index (χ0) is 14.7. The highest BCUT2D eigenvalue weighted by molar-refractivity contribution is 5.75. The van der Waals surface area contributed by atoms with Crippen LogP contribution in [0.3, 0.4) is 0 Å². The number of benzene rings is 2. The molecule has 2 heteroatoms. The van der Waals surface area contributed by atoms with Gasteiger partial charge in [0.05, 0.1) is 14.2 Å². The van der Waals surface area contributed by atoms with Crippen LogP contribution < -0.4 is 9.47 Å². The van der Waals surface area contributed by atoms with Crippen LogP contribution in [-0.2, 0) is 12.8 Å². The van der Waals surface area contributed by atoms with Gasteiger partial charge in [0.1, 0.15) is 11.5 Å². The molecule has 108 valence electrons. The van der Waals surface area contributed by atoms with E-state index in [1.807, 2.05) is 0 Å². The van der Waals surface area contributed by atoms with E-state index in [9.17, 15) is 0 Å². The first-order valence-corrected chi connectivity index (χ1v) is 7.32. The Hall–Kier alpha value is -2.22. The van der Waals surface area contributed by atoms with Gasteiger partial charge in [-0.15, -0.1) is 0 Å². The molecule has 1 aliphatic rings. The molecule has 0 heterocycles. The average molecular weight is 280 g/mol. The number of hydrogen-bond donors (Lipinski definition) is 0. The summed E-state index contributed by atoms with van der Waals surface area (Å²) in [6.07, 6.45) is 7.54. The molecule has 2 aromatic carbocycles. The van der Waals surface area contributed by atoms with E-state index in [1.165, 1.54) is 11.1 Å². The molecule has 0 saturated heterocycles. The van der Waals surface area contributed by atoms with Gasteiger partial charge < -0.3 is 9.47 Å². The van der Waals surface area contributed by atoms with Crippen LogP contribution in [0, 0.1) is 0 Å². The number of hydrogen-bond acceptors (Lipinski definition) is 2. The highest BCUT2D eigenvalue weighted by Crippen LogP contribution is 2.28. The summed E-state index contributed by atoms with van der Waals surface area (Å²) in [5, 5.41) is 0. The van der Waals surface area contributed by atoms with E-state index >= 15 is 0 Å². The van der Waals surface area contributed by atoms with Crippen molar-refractivity contribution in [2.45, 2.75) is 19.3 Å². The van der Waals surface area contributed by atoms with E-state index in [1.54, 1.807) is 14.2 Å². The molecule has 0 radical (unpaired) electrons. The molecule has 0 amide bonds. The minimum Gasteiger partial charge on any atom is -0.496 e. The number of fused-ring (bicyclic) bond motifs is 4. The maximum absolute atomic E-state index is 5.45. The van der Waals surface area contributed by atoms with Gasteiger partial charge in [0.15, 0.2) is 0 Å². The smallest absolute Gasteiger partial charge is 0.126 e. The van der Waals surface area contributed by atoms with E-state index in [2.05, 4.69) is 48.6 Å². The molecule has 2 nitrogen and oxygen atoms in total. The van der Waals surface area contributed by atoms with E-state index in [4.69, 9.17) is 9.47 Å². The fourth-order valence-corrected chi connectivity index (χ4v) is 2.82. The fraction of sp³-hybridized carbons (Fsp3) is 0.263. The van der Waals surface area contributed by atoms with E-state index in [0.717, 1.165) is 41.9 Å². The van der Waals surface area contributed by atoms with Gasteiger partial charge in [0.25, 0.3) is 0 Å². The number of methoxy groups -OCH3 is 2. The quantitative estimate of drug-likeness (QED) is 0.813. The summed E-state index contributed by atoms with van der Waals surface area (Å²) in [7, 11) is 3.43. The van der Waals surface area contributed by atoms with Crippen molar-refractivity contribution >= 4 is 12.2 Å². The summed E-state index contributed by atoms with van der Waals surface area (Å²) in [4.78, 5) is 0. The number of ether oxygens (including phenoxy) is 2. The summed E-state index contributed by atoms with van der Waals surface area (Å²) in [5.41, 5.74) is 4.95. The van der Waals surface area contributed by atoms with Crippen molar-refractivity contribution in [1.82, 2.24) is 0 Å². The predicted molar refractivity (Wildman–Crippen MR) is 86.9 cm³/mol. The average Bonchev–Trinajstić information content (AvgIpc) is 2.54. The van der Waals surface area contributed by atoms with Gasteiger partial charge in [0, 0.05) is 11.1 Å². The second kappa shape index (κ2) is 6.04. The Labute approximate surface area is 126 Å². The van der Waals surface area contributed by atoms with Crippen LogP contribution in [0.25, 0.3) is 12.2 Å². The van der Waals surface area contributed by atoms with E-state index in [-0.39, 0.29) is 0 Å². The van der Waals surface area contributed by atoms with Crippen LogP contribution in [0.15, 0.2) is 36.4 Å². The fourth-order valence-electron chi connectivity index (χ4n) is 2.82. The van der Waals surface area contributed by atoms with Crippen molar-refractivity contribution in [1.29, 1.82) is 0 Å². The minimum atomic E-state index is 0.907. The number of aryl methyl sites for hydroxylation is 2. The molecule has 0 saturated carbocycles. The Morgan fingerprint density at radius 3 is 1.62 bits per heavy atom. The second-order valence-corrected chi connectivity index (χ2v) is 5.34. The molecule has 0 spiro atoms. The van der Waals surface area contributed by atoms with Gasteiger partial charge in [-0.1, -0.05) is 24.3 Å². The molecule has 4 bridgehead atoms. The molecule has 2 aromatic rings. The lowest BCUT2D eigenvalue weighted by Crippen LogP contribution is -1.93. The largest absolute Gasteiger partial charge is 0.496 e. The van der Waals surface area contributed by atoms with Crippen molar-refractivity contribution < 1.29 is 9.47 Å². The number of rotatable bonds is 2. The Kier molecular flexibility index (Phi) is 3.96. The molecule has 1 aliphatic carbocycles. The Balaban J connectivity index is 2.09. The van der Waals surface area contributed by atoms with Gasteiger partial charge in [-0.05, 0) is 54.7 Å². The monoisotopic (exact) mass is 280 g/mol. The van der Waals surface area contributed by atoms with Gasteiger partial charge in [-0.2, -0.15) is 0 Å². The van der Waals surface area contributed by atoms with Crippen LogP contribution in [-0.4, -0.2) is 14.2 Å². The lowest BCUT2D eigenvalue weighted by Gasteiger charge is -2.07. The second-order valence-electron chi connectivity index (χ2n) is 5.34. The molecule has 0 aromatic heterocycles. The third kappa shape index (κ3) is 2.94. The zero-order valence-corrected chi connectivity index (χ0v) is 12.6. The van der Waals surface area contributed by atoms with E-state index in [0.29, 0.717) is 0 Å². The van der Waals surface area contributed by atoms with Crippen molar-refractivity contribution in [3.8, 4) is 11.5 Å². The first kappa shape index (κ1) is 13.7. The summed E-state index contributed by atoms with van der Waals surface area (Å²) in [6, 6.07) is 12.9. The van der Waals surface area contributed by atoms with Gasteiger partial charge in [0.2, 0.25) is 0 Å². The molecule has 0 atom stereocenters. The van der Waals surface area contributed by atoms with Crippen LogP contribution >= 0.6 is 0 Å². The van der Waals surface area contributed by atoms with Gasteiger partial charge >= 0.3 is 0 Å². The lowest BCUT2D eigenvalue weighted by atomic mass is 10.0. The highest BCUT2D eigenvalue weighted by atomic mass is 16.5. The summed E-state index contributed by atoms with van der Waals surface area (Å²) >= 11 is 0. The molecular formula is C19H20O2. The Morgan fingerprint density at radius 1 is 0.714 bits per heavy atom. The van der Waals surface area contributed by atoms with Crippen molar-refractivity contribution in [2.75, 3.05) is 14.2 Å². The highest BCUT2D eigenvalue weighted by Gasteiger charge is 2.07. The molecular weight excluding hydrogens is 260 g/mol. The molecule has 0 fully saturated rings. The molecule has 21 heavy (non-hydrogen) atoms. The predicted octanol–water partition coefficient (Wildman–Crippen LogP) is 4.36. The maximum Gasteiger partial charge on any atom is 0.126 e. The molecule has 0 unspecified atom stereocenters. The summed E-state index contributed by atoms with van der Waals surface area (Å²) in [5.74, 6) is 1.81. The Bertz CT molecular complexity index is 614. The SMILES string of the molecule is COc1ccc2cc1/C=C/c1cc(ccc1OC)CCC2. The minimum absolute atomic E-state index is 0.907. The van der Waals surface area contributed by atoms with E-state index < -0.39 is 0 Å². The van der Waals surface area contributed by atoms with Crippen LogP contribution in [0.5, 0.6) is 11.5 Å². The topological polar surface area (TPSA) is 18.5 Å². The third-order valence-electron chi connectivity index (χ3n) is 3.96. The van der Waals surface area contributed by atoms with Gasteiger partial charge in [-0.3, -0.25) is 0 Å². The van der Waals surface area contributed by atoms with Crippen molar-refractivity contribution in [2.24, 2.45) is 0 Å². The van der Waals surface area contributed by atoms with Crippen molar-refractivity contribution in [3.63, 3.8) is 0 Å². The first-order chi connectivity index (χ1) is 10.3. The molecule has 0 N–H and O–H groups in total. The van der Waals surface area contributed by atoms with Gasteiger partial charge in [-0.25, -0.2) is 0 Å². The standard InChI is InChI=1S/C19H20O2/c1-20-18-10-6-14-4-3-5-15-7-11-19(21-2)17(13-15)9-8-16(18)12-14/h6-13H,3-5H2,1-2H3/b9-8+. The van der Waals surface area contributed by atoms with Crippen molar-refractivity contribution in [3.05, 3.63) is 58.7 Å². The Morgan fingerprint density at radius 2 is 1.19 bits per heavy atom. The maximum atomic E-state index is 5.45. The lowest BCUT2D eigenvalue weighted by molar-refractivity contribution is 0.413. The third-order valence-corrected chi connectivity index (χ3v) is 3.96. The normalized spacial score (nSPS) is 15.0. The summed E-state index contributed by atoms with van der Waals surface area (Å²) in [6.45, 7) is 0. The first-order valence-electron chi connectivity index (χ1n) is 7.32. The summed E-state index contributed by atoms with van der Waals surface area (Å²) < 4.78 is 10.9. The zero-order valence-electron chi connectivity index (χ0n) is 12.6. The molecule has 3 rings (SSSR count). The van der Waals surface area contributed by atoms with Crippen LogP contribution in [0.2, 0.25) is 0 Å².